The van der Waals surface area contributed by atoms with E-state index >= 15 is 0 Å². The van der Waals surface area contributed by atoms with Gasteiger partial charge in [-0.2, -0.15) is 5.01 Å². The van der Waals surface area contributed by atoms with Crippen LogP contribution in [-0.4, -0.2) is 37.9 Å². The molecule has 0 bridgehead atoms. The molecule has 0 radical (unpaired) electrons. The standard InChI is InChI=1S/C21H21N5O4S2/c1-12-22-17-16(13(11-32-17)14-6-5-9-31-14)18(28)25(12)10-15(27)24-26-19(29)21(23-20(26)30)7-3-2-4-8-21/h5-6,9,11H,2-4,7-8,10H2,1H3,(H,23,30)(H,24,27). The van der Waals surface area contributed by atoms with Crippen LogP contribution in [0.5, 0.6) is 0 Å². The Morgan fingerprint density at radius 3 is 2.72 bits per heavy atom. The number of aryl methyl sites for hydroxylation is 1. The molecule has 1 saturated carbocycles. The van der Waals surface area contributed by atoms with Crippen molar-refractivity contribution in [2.45, 2.75) is 51.1 Å². The predicted octanol–water partition coefficient (Wildman–Crippen LogP) is 2.78. The first-order chi connectivity index (χ1) is 15.4. The number of urea groups is 1. The molecular weight excluding hydrogens is 450 g/mol. The van der Waals surface area contributed by atoms with Gasteiger partial charge in [-0.3, -0.25) is 24.4 Å². The largest absolute Gasteiger partial charge is 0.344 e. The molecule has 0 atom stereocenters. The van der Waals surface area contributed by atoms with Crippen LogP contribution in [0.25, 0.3) is 20.7 Å². The van der Waals surface area contributed by atoms with Crippen molar-refractivity contribution >= 4 is 50.7 Å². The van der Waals surface area contributed by atoms with Crippen LogP contribution in [-0.2, 0) is 16.1 Å². The van der Waals surface area contributed by atoms with E-state index in [-0.39, 0.29) is 12.1 Å². The van der Waals surface area contributed by atoms with Crippen molar-refractivity contribution in [1.29, 1.82) is 0 Å². The van der Waals surface area contributed by atoms with Gasteiger partial charge in [-0.05, 0) is 31.2 Å². The zero-order valence-corrected chi connectivity index (χ0v) is 19.0. The Morgan fingerprint density at radius 1 is 1.22 bits per heavy atom. The maximum atomic E-state index is 13.3. The number of carbonyl (C=O) groups is 3. The van der Waals surface area contributed by atoms with E-state index in [1.165, 1.54) is 27.2 Å². The van der Waals surface area contributed by atoms with Crippen LogP contribution in [0.15, 0.2) is 27.7 Å². The van der Waals surface area contributed by atoms with E-state index in [1.54, 1.807) is 6.92 Å². The van der Waals surface area contributed by atoms with Gasteiger partial charge in [0.1, 0.15) is 22.7 Å². The van der Waals surface area contributed by atoms with E-state index in [1.807, 2.05) is 22.9 Å². The van der Waals surface area contributed by atoms with Gasteiger partial charge < -0.3 is 5.32 Å². The summed E-state index contributed by atoms with van der Waals surface area (Å²) in [6, 6.07) is 3.20. The van der Waals surface area contributed by atoms with E-state index in [2.05, 4.69) is 15.7 Å². The molecule has 1 saturated heterocycles. The minimum atomic E-state index is -0.928. The van der Waals surface area contributed by atoms with Gasteiger partial charge in [-0.25, -0.2) is 9.78 Å². The molecule has 3 aromatic heterocycles. The molecule has 166 valence electrons. The SMILES string of the molecule is Cc1nc2scc(-c3cccs3)c2c(=O)n1CC(=O)NN1C(=O)NC2(CCCCC2)C1=O. The second-order valence-electron chi connectivity index (χ2n) is 8.11. The van der Waals surface area contributed by atoms with Crippen molar-refractivity contribution in [3.8, 4) is 10.4 Å². The molecule has 4 heterocycles. The molecule has 4 amide bonds. The van der Waals surface area contributed by atoms with Crippen molar-refractivity contribution < 1.29 is 14.4 Å². The molecule has 3 aromatic rings. The highest BCUT2D eigenvalue weighted by molar-refractivity contribution is 7.18. The Morgan fingerprint density at radius 2 is 2.00 bits per heavy atom. The van der Waals surface area contributed by atoms with Gasteiger partial charge >= 0.3 is 6.03 Å². The second kappa shape index (κ2) is 7.82. The van der Waals surface area contributed by atoms with Gasteiger partial charge in [0.25, 0.3) is 17.4 Å². The van der Waals surface area contributed by atoms with E-state index in [0.717, 1.165) is 34.7 Å². The Kier molecular flexibility index (Phi) is 5.09. The van der Waals surface area contributed by atoms with Gasteiger partial charge in [-0.15, -0.1) is 22.7 Å². The van der Waals surface area contributed by atoms with E-state index in [4.69, 9.17) is 0 Å². The summed E-state index contributed by atoms with van der Waals surface area (Å²) in [4.78, 5) is 57.4. The maximum absolute atomic E-state index is 13.3. The highest BCUT2D eigenvalue weighted by atomic mass is 32.1. The lowest BCUT2D eigenvalue weighted by atomic mass is 9.82. The lowest BCUT2D eigenvalue weighted by Gasteiger charge is -2.30. The molecule has 2 aliphatic rings. The molecule has 1 aliphatic carbocycles. The lowest BCUT2D eigenvalue weighted by Crippen LogP contribution is -2.51. The first kappa shape index (κ1) is 20.8. The van der Waals surface area contributed by atoms with E-state index in [0.29, 0.717) is 28.9 Å². The third-order valence-corrected chi connectivity index (χ3v) is 7.85. The molecule has 0 unspecified atom stereocenters. The van der Waals surface area contributed by atoms with Crippen molar-refractivity contribution in [2.24, 2.45) is 0 Å². The monoisotopic (exact) mass is 471 g/mol. The minimum absolute atomic E-state index is 0.326. The number of imide groups is 1. The summed E-state index contributed by atoms with van der Waals surface area (Å²) in [5, 5.41) is 7.79. The molecule has 11 heteroatoms. The summed E-state index contributed by atoms with van der Waals surface area (Å²) < 4.78 is 1.27. The van der Waals surface area contributed by atoms with Crippen LogP contribution in [0.2, 0.25) is 0 Å². The number of rotatable bonds is 4. The van der Waals surface area contributed by atoms with E-state index in [9.17, 15) is 19.2 Å². The van der Waals surface area contributed by atoms with Gasteiger partial charge in [0, 0.05) is 15.8 Å². The fourth-order valence-electron chi connectivity index (χ4n) is 4.44. The average Bonchev–Trinajstić information content (AvgIpc) is 3.48. The molecule has 1 spiro atoms. The number of aromatic nitrogens is 2. The molecular formula is C21H21N5O4S2. The number of hydrogen-bond acceptors (Lipinski definition) is 7. The number of thiophene rings is 2. The molecule has 1 aliphatic heterocycles. The number of nitrogens with one attached hydrogen (secondary N) is 2. The molecule has 0 aromatic carbocycles. The summed E-state index contributed by atoms with van der Waals surface area (Å²) in [5.74, 6) is -0.690. The number of fused-ring (bicyclic) bond motifs is 1. The van der Waals surface area contributed by atoms with E-state index < -0.39 is 23.4 Å². The normalized spacial score (nSPS) is 17.8. The first-order valence-electron chi connectivity index (χ1n) is 10.4. The van der Waals surface area contributed by atoms with Crippen molar-refractivity contribution in [3.63, 3.8) is 0 Å². The summed E-state index contributed by atoms with van der Waals surface area (Å²) >= 11 is 2.91. The number of hydrogen-bond donors (Lipinski definition) is 2. The Labute approximate surface area is 191 Å². The number of nitrogens with zero attached hydrogens (tertiary/aromatic N) is 3. The van der Waals surface area contributed by atoms with Gasteiger partial charge in [-0.1, -0.05) is 25.3 Å². The average molecular weight is 472 g/mol. The maximum Gasteiger partial charge on any atom is 0.344 e. The Balaban J connectivity index is 1.40. The summed E-state index contributed by atoms with van der Waals surface area (Å²) in [7, 11) is 0. The fraction of sp³-hybridized carbons (Fsp3) is 0.381. The first-order valence-corrected chi connectivity index (χ1v) is 12.1. The van der Waals surface area contributed by atoms with Gasteiger partial charge in [0.05, 0.1) is 5.39 Å². The van der Waals surface area contributed by atoms with Crippen LogP contribution in [0, 0.1) is 6.92 Å². The van der Waals surface area contributed by atoms with Crippen molar-refractivity contribution in [3.05, 3.63) is 39.1 Å². The highest BCUT2D eigenvalue weighted by Crippen LogP contribution is 2.34. The van der Waals surface area contributed by atoms with Crippen LogP contribution in [0.4, 0.5) is 4.79 Å². The smallest absolute Gasteiger partial charge is 0.322 e. The molecule has 9 nitrogen and oxygen atoms in total. The molecule has 2 fully saturated rings. The summed E-state index contributed by atoms with van der Waals surface area (Å²) in [5.41, 5.74) is 1.92. The van der Waals surface area contributed by atoms with Crippen molar-refractivity contribution in [1.82, 2.24) is 25.3 Å². The second-order valence-corrected chi connectivity index (χ2v) is 9.91. The van der Waals surface area contributed by atoms with Crippen LogP contribution >= 0.6 is 22.7 Å². The predicted molar refractivity (Wildman–Crippen MR) is 121 cm³/mol. The number of hydrazine groups is 1. The summed E-state index contributed by atoms with van der Waals surface area (Å²) in [6.45, 7) is 1.31. The quantitative estimate of drug-likeness (QED) is 0.568. The minimum Gasteiger partial charge on any atom is -0.322 e. The molecule has 32 heavy (non-hydrogen) atoms. The molecule has 2 N–H and O–H groups in total. The third kappa shape index (κ3) is 3.32. The fourth-order valence-corrected chi connectivity index (χ4v) is 6.24. The van der Waals surface area contributed by atoms with Crippen LogP contribution < -0.4 is 16.3 Å². The van der Waals surface area contributed by atoms with Gasteiger partial charge in [0.2, 0.25) is 0 Å². The van der Waals surface area contributed by atoms with Crippen molar-refractivity contribution in [2.75, 3.05) is 0 Å². The number of carbonyl (C=O) groups excluding carboxylic acids is 3. The van der Waals surface area contributed by atoms with Gasteiger partial charge in [0.15, 0.2) is 0 Å². The lowest BCUT2D eigenvalue weighted by molar-refractivity contribution is -0.140. The highest BCUT2D eigenvalue weighted by Gasteiger charge is 2.52. The molecule has 5 rings (SSSR count). The Hall–Kier alpha value is -3.05. The van der Waals surface area contributed by atoms with Crippen LogP contribution in [0.3, 0.4) is 0 Å². The third-order valence-electron chi connectivity index (χ3n) is 6.08. The Bertz CT molecular complexity index is 1290. The topological polar surface area (TPSA) is 113 Å². The van der Waals surface area contributed by atoms with Crippen LogP contribution in [0.1, 0.15) is 37.9 Å². The summed E-state index contributed by atoms with van der Waals surface area (Å²) in [6.07, 6.45) is 3.84. The number of amides is 4. The zero-order chi connectivity index (χ0) is 22.5. The zero-order valence-electron chi connectivity index (χ0n) is 17.3.